The van der Waals surface area contributed by atoms with Crippen molar-refractivity contribution in [1.29, 1.82) is 0 Å². The van der Waals surface area contributed by atoms with E-state index in [4.69, 9.17) is 0 Å². The minimum atomic E-state index is 0.649. The third-order valence-electron chi connectivity index (χ3n) is 3.97. The number of aryl methyl sites for hydroxylation is 2. The van der Waals surface area contributed by atoms with Crippen LogP contribution in [0, 0.1) is 0 Å². The molecule has 1 aromatic rings. The third kappa shape index (κ3) is 4.57. The summed E-state index contributed by atoms with van der Waals surface area (Å²) in [6.45, 7) is 12.7. The largest absolute Gasteiger partial charge is 0.310 e. The highest BCUT2D eigenvalue weighted by Crippen LogP contribution is 2.22. The van der Waals surface area contributed by atoms with Crippen molar-refractivity contribution in [1.82, 2.24) is 20.0 Å². The van der Waals surface area contributed by atoms with Crippen LogP contribution < -0.4 is 5.32 Å². The van der Waals surface area contributed by atoms with Gasteiger partial charge in [-0.05, 0) is 49.7 Å². The molecule has 1 N–H and O–H groups in total. The van der Waals surface area contributed by atoms with Crippen LogP contribution in [0.5, 0.6) is 0 Å². The Bertz CT molecular complexity index is 403. The molecule has 0 saturated heterocycles. The molecule has 0 saturated carbocycles. The highest BCUT2D eigenvalue weighted by atomic mass is 79.9. The maximum absolute atomic E-state index is 4.62. The zero-order valence-electron chi connectivity index (χ0n) is 13.5. The van der Waals surface area contributed by atoms with Crippen LogP contribution in [0.3, 0.4) is 0 Å². The van der Waals surface area contributed by atoms with E-state index in [1.165, 1.54) is 16.6 Å². The van der Waals surface area contributed by atoms with Gasteiger partial charge in [-0.15, -0.1) is 0 Å². The van der Waals surface area contributed by atoms with Gasteiger partial charge in [0.15, 0.2) is 0 Å². The van der Waals surface area contributed by atoms with E-state index < -0.39 is 0 Å². The molecule has 0 radical (unpaired) electrons. The topological polar surface area (TPSA) is 33.1 Å². The number of halogens is 1. The van der Waals surface area contributed by atoms with Crippen molar-refractivity contribution < 1.29 is 0 Å². The lowest BCUT2D eigenvalue weighted by molar-refractivity contribution is 0.251. The molecule has 0 amide bonds. The van der Waals surface area contributed by atoms with Crippen LogP contribution in [0.15, 0.2) is 4.47 Å². The Morgan fingerprint density at radius 3 is 2.60 bits per heavy atom. The van der Waals surface area contributed by atoms with Gasteiger partial charge in [-0.2, -0.15) is 5.10 Å². The molecule has 1 aromatic heterocycles. The molecule has 1 unspecified atom stereocenters. The van der Waals surface area contributed by atoms with Crippen molar-refractivity contribution in [3.05, 3.63) is 15.9 Å². The second-order valence-corrected chi connectivity index (χ2v) is 6.08. The highest BCUT2D eigenvalue weighted by molar-refractivity contribution is 9.10. The molecule has 116 valence electrons. The number of nitrogens with one attached hydrogen (secondary N) is 1. The van der Waals surface area contributed by atoms with Crippen molar-refractivity contribution in [2.45, 2.75) is 59.7 Å². The number of aromatic nitrogens is 2. The predicted octanol–water partition coefficient (Wildman–Crippen LogP) is 3.05. The number of hydrogen-bond acceptors (Lipinski definition) is 3. The average Bonchev–Trinajstić information content (AvgIpc) is 2.78. The Morgan fingerprint density at radius 2 is 2.05 bits per heavy atom. The summed E-state index contributed by atoms with van der Waals surface area (Å²) in [6.07, 6.45) is 2.17. The minimum Gasteiger partial charge on any atom is -0.310 e. The average molecular weight is 345 g/mol. The Balaban J connectivity index is 2.48. The Kier molecular flexibility index (Phi) is 7.77. The first kappa shape index (κ1) is 17.7. The fourth-order valence-electron chi connectivity index (χ4n) is 2.18. The van der Waals surface area contributed by atoms with Gasteiger partial charge in [0.25, 0.3) is 0 Å². The molecule has 20 heavy (non-hydrogen) atoms. The summed E-state index contributed by atoms with van der Waals surface area (Å²) < 4.78 is 3.26. The maximum atomic E-state index is 4.62. The van der Waals surface area contributed by atoms with Crippen LogP contribution >= 0.6 is 15.9 Å². The Hall–Kier alpha value is -0.390. The van der Waals surface area contributed by atoms with Crippen molar-refractivity contribution in [2.75, 3.05) is 20.1 Å². The van der Waals surface area contributed by atoms with Gasteiger partial charge in [0.1, 0.15) is 0 Å². The van der Waals surface area contributed by atoms with Crippen LogP contribution in [0.1, 0.15) is 45.5 Å². The molecule has 0 bridgehead atoms. The molecule has 0 aromatic carbocycles. The Morgan fingerprint density at radius 1 is 1.35 bits per heavy atom. The highest BCUT2D eigenvalue weighted by Gasteiger charge is 2.13. The summed E-state index contributed by atoms with van der Waals surface area (Å²) in [7, 11) is 2.19. The van der Waals surface area contributed by atoms with E-state index in [1.807, 2.05) is 0 Å². The van der Waals surface area contributed by atoms with Crippen molar-refractivity contribution in [3.8, 4) is 0 Å². The normalized spacial score (nSPS) is 13.2. The van der Waals surface area contributed by atoms with Gasteiger partial charge in [0.05, 0.1) is 15.9 Å². The molecule has 0 aliphatic rings. The maximum Gasteiger partial charge on any atom is 0.0767 e. The van der Waals surface area contributed by atoms with Gasteiger partial charge >= 0.3 is 0 Å². The lowest BCUT2D eigenvalue weighted by Crippen LogP contribution is -2.35. The van der Waals surface area contributed by atoms with Gasteiger partial charge in [-0.25, -0.2) is 0 Å². The molecule has 1 rings (SSSR count). The van der Waals surface area contributed by atoms with Crippen LogP contribution in [0.25, 0.3) is 0 Å². The van der Waals surface area contributed by atoms with E-state index in [0.29, 0.717) is 6.04 Å². The first-order valence-electron chi connectivity index (χ1n) is 7.70. The second-order valence-electron chi connectivity index (χ2n) is 5.29. The van der Waals surface area contributed by atoms with E-state index in [-0.39, 0.29) is 0 Å². The molecule has 5 heteroatoms. The van der Waals surface area contributed by atoms with Crippen molar-refractivity contribution in [2.24, 2.45) is 0 Å². The summed E-state index contributed by atoms with van der Waals surface area (Å²) in [6, 6.07) is 0.649. The quantitative estimate of drug-likeness (QED) is 0.699. The number of nitrogens with zero attached hydrogens (tertiary/aromatic N) is 3. The second kappa shape index (κ2) is 8.80. The summed E-state index contributed by atoms with van der Waals surface area (Å²) in [4.78, 5) is 2.40. The molecule has 0 aliphatic carbocycles. The standard InChI is InChI=1S/C15H29BrN4/c1-6-12(4)19(5)10-9-17-11-14-15(16)13(7-2)18-20(14)8-3/h12,17H,6-11H2,1-5H3. The van der Waals surface area contributed by atoms with Crippen LogP contribution in [-0.2, 0) is 19.5 Å². The summed E-state index contributed by atoms with van der Waals surface area (Å²) >= 11 is 3.68. The van der Waals surface area contributed by atoms with Gasteiger partial charge in [-0.3, -0.25) is 4.68 Å². The fraction of sp³-hybridized carbons (Fsp3) is 0.800. The zero-order chi connectivity index (χ0) is 15.1. The SMILES string of the molecule is CCc1nn(CC)c(CNCCN(C)C(C)CC)c1Br. The molecular formula is C15H29BrN4. The first-order valence-corrected chi connectivity index (χ1v) is 8.49. The molecule has 0 aliphatic heterocycles. The van der Waals surface area contributed by atoms with Crippen LogP contribution in [0.4, 0.5) is 0 Å². The smallest absolute Gasteiger partial charge is 0.0767 e. The molecule has 0 spiro atoms. The van der Waals surface area contributed by atoms with Crippen LogP contribution in [0.2, 0.25) is 0 Å². The van der Waals surface area contributed by atoms with Crippen molar-refractivity contribution >= 4 is 15.9 Å². The number of rotatable bonds is 9. The summed E-state index contributed by atoms with van der Waals surface area (Å²) in [5.74, 6) is 0. The first-order chi connectivity index (χ1) is 9.54. The molecular weight excluding hydrogens is 316 g/mol. The van der Waals surface area contributed by atoms with Crippen molar-refractivity contribution in [3.63, 3.8) is 0 Å². The Labute approximate surface area is 132 Å². The van der Waals surface area contributed by atoms with E-state index in [9.17, 15) is 0 Å². The predicted molar refractivity (Wildman–Crippen MR) is 89.1 cm³/mol. The van der Waals surface area contributed by atoms with E-state index in [1.54, 1.807) is 0 Å². The van der Waals surface area contributed by atoms with E-state index in [2.05, 4.69) is 70.7 Å². The monoisotopic (exact) mass is 344 g/mol. The minimum absolute atomic E-state index is 0.649. The summed E-state index contributed by atoms with van der Waals surface area (Å²) in [5.41, 5.74) is 2.41. The van der Waals surface area contributed by atoms with Gasteiger partial charge in [-0.1, -0.05) is 13.8 Å². The summed E-state index contributed by atoms with van der Waals surface area (Å²) in [5, 5.41) is 8.15. The molecule has 1 heterocycles. The lowest BCUT2D eigenvalue weighted by atomic mass is 10.2. The third-order valence-corrected chi connectivity index (χ3v) is 4.89. The van der Waals surface area contributed by atoms with E-state index in [0.717, 1.165) is 38.3 Å². The molecule has 4 nitrogen and oxygen atoms in total. The zero-order valence-corrected chi connectivity index (χ0v) is 15.1. The van der Waals surface area contributed by atoms with Gasteiger partial charge in [0.2, 0.25) is 0 Å². The van der Waals surface area contributed by atoms with Crippen LogP contribution in [-0.4, -0.2) is 40.9 Å². The number of likely N-dealkylation sites (N-methyl/N-ethyl adjacent to an activating group) is 1. The van der Waals surface area contributed by atoms with Gasteiger partial charge < -0.3 is 10.2 Å². The molecule has 0 fully saturated rings. The van der Waals surface area contributed by atoms with Gasteiger partial charge in [0, 0.05) is 32.2 Å². The number of hydrogen-bond donors (Lipinski definition) is 1. The van der Waals surface area contributed by atoms with E-state index >= 15 is 0 Å². The fourth-order valence-corrected chi connectivity index (χ4v) is 2.88. The molecule has 1 atom stereocenters. The lowest BCUT2D eigenvalue weighted by Gasteiger charge is -2.23.